The highest BCUT2D eigenvalue weighted by Gasteiger charge is 2.26. The van der Waals surface area contributed by atoms with E-state index in [0.717, 1.165) is 56.2 Å². The summed E-state index contributed by atoms with van der Waals surface area (Å²) in [7, 11) is 0. The van der Waals surface area contributed by atoms with Crippen LogP contribution in [0.4, 0.5) is 34.1 Å². The van der Waals surface area contributed by atoms with Crippen LogP contribution in [0.1, 0.15) is 5.56 Å². The van der Waals surface area contributed by atoms with Gasteiger partial charge in [0.15, 0.2) is 0 Å². The molecule has 0 N–H and O–H groups in total. The molecule has 0 saturated heterocycles. The van der Waals surface area contributed by atoms with Crippen molar-refractivity contribution < 1.29 is 0 Å². The summed E-state index contributed by atoms with van der Waals surface area (Å²) in [6, 6.07) is 58.0. The Morgan fingerprint density at radius 2 is 0.886 bits per heavy atom. The molecule has 0 fully saturated rings. The molecule has 4 nitrogen and oxygen atoms in total. The number of aromatic nitrogens is 1. The molecule has 6 aromatic carbocycles. The predicted molar refractivity (Wildman–Crippen MR) is 181 cm³/mol. The van der Waals surface area contributed by atoms with Crippen LogP contribution in [0, 0.1) is 11.3 Å². The Balaban J connectivity index is 1.65. The van der Waals surface area contributed by atoms with Crippen molar-refractivity contribution in [2.45, 2.75) is 0 Å². The van der Waals surface area contributed by atoms with Crippen molar-refractivity contribution in [3.05, 3.63) is 176 Å². The number of anilines is 6. The van der Waals surface area contributed by atoms with Crippen molar-refractivity contribution in [1.29, 1.82) is 5.26 Å². The summed E-state index contributed by atoms with van der Waals surface area (Å²) in [5.41, 5.74) is 9.23. The van der Waals surface area contributed by atoms with E-state index in [2.05, 4.69) is 82.6 Å². The van der Waals surface area contributed by atoms with Crippen LogP contribution in [0.2, 0.25) is 0 Å². The fourth-order valence-corrected chi connectivity index (χ4v) is 5.78. The second kappa shape index (κ2) is 12.0. The van der Waals surface area contributed by atoms with E-state index in [1.54, 1.807) is 0 Å². The molecule has 7 aromatic rings. The molecule has 4 heteroatoms. The molecule has 208 valence electrons. The van der Waals surface area contributed by atoms with Crippen LogP contribution < -0.4 is 9.80 Å². The summed E-state index contributed by atoms with van der Waals surface area (Å²) < 4.78 is 0. The van der Waals surface area contributed by atoms with E-state index in [1.165, 1.54) is 0 Å². The van der Waals surface area contributed by atoms with Gasteiger partial charge in [-0.05, 0) is 78.4 Å². The zero-order valence-electron chi connectivity index (χ0n) is 24.0. The van der Waals surface area contributed by atoms with Gasteiger partial charge in [0.2, 0.25) is 0 Å². The summed E-state index contributed by atoms with van der Waals surface area (Å²) in [5.74, 6) is 0. The first-order valence-corrected chi connectivity index (χ1v) is 14.5. The first-order valence-electron chi connectivity index (χ1n) is 14.5. The Hall–Kier alpha value is -6.18. The minimum absolute atomic E-state index is 0.561. The summed E-state index contributed by atoms with van der Waals surface area (Å²) in [5, 5.41) is 11.5. The van der Waals surface area contributed by atoms with E-state index < -0.39 is 0 Å². The van der Waals surface area contributed by atoms with Gasteiger partial charge in [-0.3, -0.25) is 4.98 Å². The molecule has 0 atom stereocenters. The zero-order valence-corrected chi connectivity index (χ0v) is 24.0. The second-order valence-electron chi connectivity index (χ2n) is 10.4. The van der Waals surface area contributed by atoms with E-state index in [-0.39, 0.29) is 0 Å². The molecule has 0 unspecified atom stereocenters. The lowest BCUT2D eigenvalue weighted by molar-refractivity contribution is 1.24. The number of benzene rings is 6. The average molecular weight is 565 g/mol. The Kier molecular flexibility index (Phi) is 7.26. The van der Waals surface area contributed by atoms with E-state index in [9.17, 15) is 5.26 Å². The molecule has 7 rings (SSSR count). The molecule has 0 spiro atoms. The van der Waals surface area contributed by atoms with Crippen LogP contribution in [0.15, 0.2) is 170 Å². The van der Waals surface area contributed by atoms with Gasteiger partial charge in [0.05, 0.1) is 28.5 Å². The van der Waals surface area contributed by atoms with Crippen molar-refractivity contribution in [2.75, 3.05) is 9.80 Å². The third-order valence-corrected chi connectivity index (χ3v) is 7.68. The highest BCUT2D eigenvalue weighted by atomic mass is 15.2. The Bertz CT molecular complexity index is 1880. The van der Waals surface area contributed by atoms with Gasteiger partial charge in [0.1, 0.15) is 0 Å². The fraction of sp³-hybridized carbons (Fsp3) is 0. The normalized spacial score (nSPS) is 10.7. The van der Waals surface area contributed by atoms with Crippen LogP contribution >= 0.6 is 0 Å². The van der Waals surface area contributed by atoms with Crippen LogP contribution in [-0.2, 0) is 0 Å². The van der Waals surface area contributed by atoms with Gasteiger partial charge in [0.25, 0.3) is 0 Å². The Morgan fingerprint density at radius 1 is 0.477 bits per heavy atom. The summed E-state index contributed by atoms with van der Waals surface area (Å²) in [6.45, 7) is 0. The van der Waals surface area contributed by atoms with E-state index >= 15 is 0 Å². The van der Waals surface area contributed by atoms with Crippen LogP contribution in [0.5, 0.6) is 0 Å². The van der Waals surface area contributed by atoms with Crippen LogP contribution in [-0.4, -0.2) is 4.98 Å². The molecule has 0 aliphatic rings. The lowest BCUT2D eigenvalue weighted by Gasteiger charge is -2.33. The number of fused-ring (bicyclic) bond motifs is 1. The molecule has 0 bridgehead atoms. The number of rotatable bonds is 7. The van der Waals surface area contributed by atoms with Crippen molar-refractivity contribution in [3.63, 3.8) is 0 Å². The smallest absolute Gasteiger partial charge is 0.0993 e. The third-order valence-electron chi connectivity index (χ3n) is 7.68. The maximum Gasteiger partial charge on any atom is 0.0993 e. The first-order chi connectivity index (χ1) is 21.8. The number of nitriles is 1. The Morgan fingerprint density at radius 3 is 1.32 bits per heavy atom. The molecule has 0 radical (unpaired) electrons. The molecular formula is C40H28N4. The largest absolute Gasteiger partial charge is 0.310 e. The highest BCUT2D eigenvalue weighted by Crippen LogP contribution is 2.50. The van der Waals surface area contributed by atoms with Crippen molar-refractivity contribution in [1.82, 2.24) is 4.98 Å². The van der Waals surface area contributed by atoms with Crippen molar-refractivity contribution >= 4 is 45.0 Å². The molecule has 1 heterocycles. The standard InChI is InChI=1S/C40H28N4/c41-29-30-27-38(43(31-15-5-1-6-16-31)32-17-7-2-8-18-32)40(36-25-26-42-37-24-14-13-23-35(36)37)39(28-30)44(33-19-9-3-10-20-33)34-21-11-4-12-22-34/h1-28H. The molecule has 0 amide bonds. The SMILES string of the molecule is N#Cc1cc(N(c2ccccc2)c2ccccc2)c(-c2ccnc3ccccc23)c(N(c2ccccc2)c2ccccc2)c1. The van der Waals surface area contributed by atoms with Gasteiger partial charge in [-0.15, -0.1) is 0 Å². The molecule has 1 aromatic heterocycles. The molecular weight excluding hydrogens is 536 g/mol. The maximum absolute atomic E-state index is 10.5. The maximum atomic E-state index is 10.5. The number of para-hydroxylation sites is 5. The van der Waals surface area contributed by atoms with Gasteiger partial charge in [-0.1, -0.05) is 91.0 Å². The number of hydrogen-bond donors (Lipinski definition) is 0. The van der Waals surface area contributed by atoms with Crippen LogP contribution in [0.25, 0.3) is 22.0 Å². The lowest BCUT2D eigenvalue weighted by atomic mass is 9.93. The summed E-state index contributed by atoms with van der Waals surface area (Å²) in [4.78, 5) is 9.18. The zero-order chi connectivity index (χ0) is 29.7. The van der Waals surface area contributed by atoms with Gasteiger partial charge >= 0.3 is 0 Å². The highest BCUT2D eigenvalue weighted by molar-refractivity contribution is 6.06. The van der Waals surface area contributed by atoms with Gasteiger partial charge in [-0.2, -0.15) is 5.26 Å². The van der Waals surface area contributed by atoms with Crippen molar-refractivity contribution in [2.24, 2.45) is 0 Å². The minimum Gasteiger partial charge on any atom is -0.310 e. The summed E-state index contributed by atoms with van der Waals surface area (Å²) in [6.07, 6.45) is 1.87. The van der Waals surface area contributed by atoms with E-state index in [1.807, 2.05) is 103 Å². The predicted octanol–water partition coefficient (Wildman–Crippen LogP) is 10.7. The van der Waals surface area contributed by atoms with Crippen molar-refractivity contribution in [3.8, 4) is 17.2 Å². The molecule has 0 aliphatic heterocycles. The number of nitrogens with zero attached hydrogens (tertiary/aromatic N) is 4. The first kappa shape index (κ1) is 26.7. The monoisotopic (exact) mass is 564 g/mol. The minimum atomic E-state index is 0.561. The van der Waals surface area contributed by atoms with Gasteiger partial charge in [0, 0.05) is 39.9 Å². The fourth-order valence-electron chi connectivity index (χ4n) is 5.78. The van der Waals surface area contributed by atoms with Gasteiger partial charge in [-0.25, -0.2) is 0 Å². The third kappa shape index (κ3) is 5.04. The average Bonchev–Trinajstić information content (AvgIpc) is 3.10. The lowest BCUT2D eigenvalue weighted by Crippen LogP contribution is -2.16. The van der Waals surface area contributed by atoms with E-state index in [0.29, 0.717) is 5.56 Å². The van der Waals surface area contributed by atoms with Gasteiger partial charge < -0.3 is 9.80 Å². The molecule has 0 saturated carbocycles. The molecule has 44 heavy (non-hydrogen) atoms. The Labute approximate surface area is 257 Å². The summed E-state index contributed by atoms with van der Waals surface area (Å²) >= 11 is 0. The van der Waals surface area contributed by atoms with E-state index in [4.69, 9.17) is 4.98 Å². The second-order valence-corrected chi connectivity index (χ2v) is 10.4. The topological polar surface area (TPSA) is 43.2 Å². The number of pyridine rings is 1. The quantitative estimate of drug-likeness (QED) is 0.193. The number of hydrogen-bond acceptors (Lipinski definition) is 4. The van der Waals surface area contributed by atoms with Crippen LogP contribution in [0.3, 0.4) is 0 Å². The molecule has 0 aliphatic carbocycles.